The fraction of sp³-hybridized carbons (Fsp3) is 0.600. The minimum atomic E-state index is -0.754. The molecule has 0 aromatic carbocycles. The first-order valence-electron chi connectivity index (χ1n) is 4.81. The van der Waals surface area contributed by atoms with Gasteiger partial charge in [0.25, 0.3) is 0 Å². The van der Waals surface area contributed by atoms with E-state index in [4.69, 9.17) is 5.11 Å². The number of hydrogen-bond donors (Lipinski definition) is 1. The van der Waals surface area contributed by atoms with E-state index in [1.54, 1.807) is 11.3 Å². The summed E-state index contributed by atoms with van der Waals surface area (Å²) in [5.74, 6) is -0.754. The molecule has 0 aliphatic carbocycles. The van der Waals surface area contributed by atoms with Crippen molar-refractivity contribution in [2.45, 2.75) is 32.9 Å². The van der Waals surface area contributed by atoms with Crippen molar-refractivity contribution in [1.82, 2.24) is 9.88 Å². The number of aryl methyl sites for hydroxylation is 1. The summed E-state index contributed by atoms with van der Waals surface area (Å²) in [6.45, 7) is 4.66. The Bertz CT molecular complexity index is 338. The van der Waals surface area contributed by atoms with Crippen molar-refractivity contribution < 1.29 is 9.90 Å². The van der Waals surface area contributed by atoms with Gasteiger partial charge < -0.3 is 5.11 Å². The third-order valence-electron chi connectivity index (χ3n) is 2.46. The van der Waals surface area contributed by atoms with Crippen LogP contribution in [0.4, 0.5) is 0 Å². The minimum absolute atomic E-state index is 0.0454. The maximum atomic E-state index is 10.5. The van der Waals surface area contributed by atoms with Crippen LogP contribution in [0.1, 0.15) is 23.9 Å². The molecule has 1 heterocycles. The Balaban J connectivity index is 2.52. The molecular formula is C10H16N2O2S. The largest absolute Gasteiger partial charge is 0.481 e. The van der Waals surface area contributed by atoms with Crippen LogP contribution >= 0.6 is 11.3 Å². The maximum absolute atomic E-state index is 10.5. The monoisotopic (exact) mass is 228 g/mol. The Hall–Kier alpha value is -0.940. The third kappa shape index (κ3) is 3.60. The Labute approximate surface area is 93.6 Å². The van der Waals surface area contributed by atoms with Crippen LogP contribution in [0.15, 0.2) is 5.51 Å². The van der Waals surface area contributed by atoms with Crippen LogP contribution in [-0.4, -0.2) is 34.0 Å². The number of aliphatic carboxylic acids is 1. The van der Waals surface area contributed by atoms with Gasteiger partial charge in [0.15, 0.2) is 0 Å². The van der Waals surface area contributed by atoms with Crippen LogP contribution in [0.25, 0.3) is 0 Å². The number of rotatable bonds is 5. The van der Waals surface area contributed by atoms with E-state index in [0.29, 0.717) is 0 Å². The number of thiazole rings is 1. The lowest BCUT2D eigenvalue weighted by Crippen LogP contribution is -2.30. The van der Waals surface area contributed by atoms with Gasteiger partial charge >= 0.3 is 5.97 Å². The molecule has 4 nitrogen and oxygen atoms in total. The predicted molar refractivity (Wildman–Crippen MR) is 60.0 cm³/mol. The van der Waals surface area contributed by atoms with E-state index in [9.17, 15) is 4.79 Å². The van der Waals surface area contributed by atoms with Crippen molar-refractivity contribution in [3.63, 3.8) is 0 Å². The second kappa shape index (κ2) is 5.23. The van der Waals surface area contributed by atoms with Gasteiger partial charge in [-0.05, 0) is 20.9 Å². The molecule has 0 aliphatic heterocycles. The topological polar surface area (TPSA) is 53.4 Å². The molecule has 0 fully saturated rings. The summed E-state index contributed by atoms with van der Waals surface area (Å²) >= 11 is 1.61. The molecule has 0 saturated carbocycles. The Kier molecular flexibility index (Phi) is 4.23. The average molecular weight is 228 g/mol. The van der Waals surface area contributed by atoms with Gasteiger partial charge in [0, 0.05) is 17.5 Å². The number of carboxylic acids is 1. The van der Waals surface area contributed by atoms with Crippen molar-refractivity contribution in [2.24, 2.45) is 0 Å². The van der Waals surface area contributed by atoms with Crippen LogP contribution < -0.4 is 0 Å². The van der Waals surface area contributed by atoms with Gasteiger partial charge in [-0.25, -0.2) is 4.98 Å². The highest BCUT2D eigenvalue weighted by atomic mass is 32.1. The average Bonchev–Trinajstić information content (AvgIpc) is 2.50. The zero-order valence-corrected chi connectivity index (χ0v) is 10.0. The highest BCUT2D eigenvalue weighted by Gasteiger charge is 2.14. The Morgan fingerprint density at radius 2 is 2.40 bits per heavy atom. The van der Waals surface area contributed by atoms with Gasteiger partial charge in [0.2, 0.25) is 0 Å². The van der Waals surface area contributed by atoms with Crippen molar-refractivity contribution in [1.29, 1.82) is 0 Å². The Morgan fingerprint density at radius 3 is 2.87 bits per heavy atom. The highest BCUT2D eigenvalue weighted by Crippen LogP contribution is 2.16. The second-order valence-electron chi connectivity index (χ2n) is 3.72. The van der Waals surface area contributed by atoms with E-state index < -0.39 is 5.97 Å². The fourth-order valence-electron chi connectivity index (χ4n) is 1.27. The summed E-state index contributed by atoms with van der Waals surface area (Å²) in [6, 6.07) is 0.0454. The fourth-order valence-corrected chi connectivity index (χ4v) is 2.11. The van der Waals surface area contributed by atoms with Crippen molar-refractivity contribution in [3.8, 4) is 0 Å². The molecule has 1 unspecified atom stereocenters. The van der Waals surface area contributed by atoms with Crippen molar-refractivity contribution >= 4 is 17.3 Å². The number of aromatic nitrogens is 1. The summed E-state index contributed by atoms with van der Waals surface area (Å²) in [6.07, 6.45) is 0.175. The maximum Gasteiger partial charge on any atom is 0.304 e. The van der Waals surface area contributed by atoms with Crippen LogP contribution in [-0.2, 0) is 11.3 Å². The minimum Gasteiger partial charge on any atom is -0.481 e. The molecule has 15 heavy (non-hydrogen) atoms. The number of carbonyl (C=O) groups is 1. The lowest BCUT2D eigenvalue weighted by molar-refractivity contribution is -0.138. The molecule has 84 valence electrons. The molecule has 1 aromatic rings. The summed E-state index contributed by atoms with van der Waals surface area (Å²) in [7, 11) is 1.94. The Morgan fingerprint density at radius 1 is 1.73 bits per heavy atom. The van der Waals surface area contributed by atoms with E-state index in [1.807, 2.05) is 31.3 Å². The van der Waals surface area contributed by atoms with Crippen molar-refractivity contribution in [2.75, 3.05) is 7.05 Å². The number of carboxylic acid groups (broad SMARTS) is 1. The molecule has 1 N–H and O–H groups in total. The first-order chi connectivity index (χ1) is 7.00. The van der Waals surface area contributed by atoms with Gasteiger partial charge in [0.1, 0.15) is 0 Å². The summed E-state index contributed by atoms with van der Waals surface area (Å²) in [5.41, 5.74) is 2.86. The molecule has 5 heteroatoms. The predicted octanol–water partition coefficient (Wildman–Crippen LogP) is 1.75. The molecule has 0 spiro atoms. The highest BCUT2D eigenvalue weighted by molar-refractivity contribution is 7.09. The van der Waals surface area contributed by atoms with Gasteiger partial charge in [-0.3, -0.25) is 9.69 Å². The van der Waals surface area contributed by atoms with E-state index in [1.165, 1.54) is 4.88 Å². The van der Waals surface area contributed by atoms with Crippen molar-refractivity contribution in [3.05, 3.63) is 16.1 Å². The summed E-state index contributed by atoms with van der Waals surface area (Å²) < 4.78 is 0. The second-order valence-corrected chi connectivity index (χ2v) is 4.66. The molecule has 0 aliphatic rings. The van der Waals surface area contributed by atoms with Crippen LogP contribution in [0, 0.1) is 6.92 Å². The zero-order chi connectivity index (χ0) is 11.4. The lowest BCUT2D eigenvalue weighted by Gasteiger charge is -2.22. The first-order valence-corrected chi connectivity index (χ1v) is 5.69. The van der Waals surface area contributed by atoms with Gasteiger partial charge in [-0.1, -0.05) is 0 Å². The normalized spacial score (nSPS) is 13.1. The summed E-state index contributed by atoms with van der Waals surface area (Å²) in [4.78, 5) is 18.0. The van der Waals surface area contributed by atoms with E-state index in [0.717, 1.165) is 12.2 Å². The van der Waals surface area contributed by atoms with Gasteiger partial charge in [-0.2, -0.15) is 0 Å². The molecule has 0 bridgehead atoms. The quantitative estimate of drug-likeness (QED) is 0.834. The molecule has 0 radical (unpaired) electrons. The lowest BCUT2D eigenvalue weighted by atomic mass is 10.2. The van der Waals surface area contributed by atoms with E-state index in [-0.39, 0.29) is 12.5 Å². The number of hydrogen-bond acceptors (Lipinski definition) is 4. The molecule has 1 aromatic heterocycles. The van der Waals surface area contributed by atoms with E-state index in [2.05, 4.69) is 4.98 Å². The van der Waals surface area contributed by atoms with Gasteiger partial charge in [0.05, 0.1) is 17.6 Å². The van der Waals surface area contributed by atoms with Crippen LogP contribution in [0.3, 0.4) is 0 Å². The van der Waals surface area contributed by atoms with E-state index >= 15 is 0 Å². The first kappa shape index (κ1) is 12.1. The zero-order valence-electron chi connectivity index (χ0n) is 9.23. The summed E-state index contributed by atoms with van der Waals surface area (Å²) in [5, 5.41) is 8.68. The molecular weight excluding hydrogens is 212 g/mol. The van der Waals surface area contributed by atoms with Gasteiger partial charge in [-0.15, -0.1) is 11.3 Å². The number of nitrogens with zero attached hydrogens (tertiary/aromatic N) is 2. The molecule has 0 amide bonds. The molecule has 0 saturated heterocycles. The standard InChI is InChI=1S/C10H16N2O2S/c1-7(4-10(13)14)12(3)5-9-8(2)11-6-15-9/h6-7H,4-5H2,1-3H3,(H,13,14). The SMILES string of the molecule is Cc1ncsc1CN(C)C(C)CC(=O)O. The van der Waals surface area contributed by atoms with Crippen LogP contribution in [0.2, 0.25) is 0 Å². The third-order valence-corrected chi connectivity index (χ3v) is 3.38. The smallest absolute Gasteiger partial charge is 0.304 e. The molecule has 1 atom stereocenters. The van der Waals surface area contributed by atoms with Crippen LogP contribution in [0.5, 0.6) is 0 Å². The molecule has 1 rings (SSSR count).